The predicted octanol–water partition coefficient (Wildman–Crippen LogP) is 1.80. The van der Waals surface area contributed by atoms with Gasteiger partial charge in [0.15, 0.2) is 0 Å². The van der Waals surface area contributed by atoms with Crippen LogP contribution in [0.25, 0.3) is 0 Å². The zero-order valence-corrected chi connectivity index (χ0v) is 10.4. The highest BCUT2D eigenvalue weighted by Crippen LogP contribution is 2.30. The molecule has 0 unspecified atom stereocenters. The molecule has 0 radical (unpaired) electrons. The number of hydrogen-bond acceptors (Lipinski definition) is 3. The maximum absolute atomic E-state index is 5.20. The first-order valence-corrected chi connectivity index (χ1v) is 6.48. The molecule has 3 heteroatoms. The average molecular weight is 232 g/mol. The first-order chi connectivity index (χ1) is 8.36. The number of nitrogens with one attached hydrogen (secondary N) is 1. The van der Waals surface area contributed by atoms with Gasteiger partial charge in [0.25, 0.3) is 0 Å². The fraction of sp³-hybridized carbons (Fsp3) is 0.571. The van der Waals surface area contributed by atoms with Crippen LogP contribution in [0, 0.1) is 0 Å². The summed E-state index contributed by atoms with van der Waals surface area (Å²) in [6.07, 6.45) is 2.80. The summed E-state index contributed by atoms with van der Waals surface area (Å²) >= 11 is 0. The Morgan fingerprint density at radius 3 is 2.65 bits per heavy atom. The smallest absolute Gasteiger partial charge is 0.118 e. The minimum Gasteiger partial charge on any atom is -0.497 e. The van der Waals surface area contributed by atoms with Crippen LogP contribution in [0.5, 0.6) is 5.75 Å². The number of piperazine rings is 1. The van der Waals surface area contributed by atoms with Crippen molar-refractivity contribution < 1.29 is 4.74 Å². The van der Waals surface area contributed by atoms with Crippen LogP contribution < -0.4 is 10.1 Å². The van der Waals surface area contributed by atoms with Crippen LogP contribution in [0.4, 0.5) is 0 Å². The van der Waals surface area contributed by atoms with Gasteiger partial charge in [-0.15, -0.1) is 0 Å². The van der Waals surface area contributed by atoms with Crippen molar-refractivity contribution in [1.82, 2.24) is 10.2 Å². The molecule has 1 aliphatic carbocycles. The average Bonchev–Trinajstić information content (AvgIpc) is 3.23. The van der Waals surface area contributed by atoms with Crippen LogP contribution in [0.2, 0.25) is 0 Å². The van der Waals surface area contributed by atoms with E-state index >= 15 is 0 Å². The van der Waals surface area contributed by atoms with E-state index in [9.17, 15) is 0 Å². The van der Waals surface area contributed by atoms with Gasteiger partial charge < -0.3 is 10.1 Å². The van der Waals surface area contributed by atoms with Gasteiger partial charge in [0.1, 0.15) is 5.75 Å². The third kappa shape index (κ3) is 2.45. The van der Waals surface area contributed by atoms with Crippen molar-refractivity contribution in [3.63, 3.8) is 0 Å². The summed E-state index contributed by atoms with van der Waals surface area (Å²) in [7, 11) is 1.71. The van der Waals surface area contributed by atoms with E-state index in [0.29, 0.717) is 6.04 Å². The molecule has 0 amide bonds. The standard InChI is InChI=1S/C14H20N2O/c1-17-13-6-2-11(3-7-13)14-10-16(9-8-15-14)12-4-5-12/h2-3,6-7,12,14-15H,4-5,8-10H2,1H3/t14-/m0/s1. The van der Waals surface area contributed by atoms with Gasteiger partial charge in [-0.25, -0.2) is 0 Å². The van der Waals surface area contributed by atoms with Crippen molar-refractivity contribution in [1.29, 1.82) is 0 Å². The Morgan fingerprint density at radius 2 is 2.00 bits per heavy atom. The van der Waals surface area contributed by atoms with Gasteiger partial charge >= 0.3 is 0 Å². The van der Waals surface area contributed by atoms with E-state index in [-0.39, 0.29) is 0 Å². The molecule has 1 aromatic rings. The van der Waals surface area contributed by atoms with Gasteiger partial charge in [-0.2, -0.15) is 0 Å². The molecule has 3 rings (SSSR count). The number of hydrogen-bond donors (Lipinski definition) is 1. The first kappa shape index (κ1) is 11.1. The summed E-state index contributed by atoms with van der Waals surface area (Å²) in [5, 5.41) is 3.60. The molecule has 1 N–H and O–H groups in total. The lowest BCUT2D eigenvalue weighted by Gasteiger charge is -2.34. The molecule has 1 aromatic carbocycles. The van der Waals surface area contributed by atoms with Gasteiger partial charge in [0, 0.05) is 31.7 Å². The van der Waals surface area contributed by atoms with Gasteiger partial charge in [0.2, 0.25) is 0 Å². The highest BCUT2D eigenvalue weighted by Gasteiger charge is 2.32. The van der Waals surface area contributed by atoms with Gasteiger partial charge in [-0.1, -0.05) is 12.1 Å². The largest absolute Gasteiger partial charge is 0.497 e. The van der Waals surface area contributed by atoms with E-state index in [0.717, 1.165) is 24.9 Å². The summed E-state index contributed by atoms with van der Waals surface area (Å²) in [5.74, 6) is 0.934. The van der Waals surface area contributed by atoms with Gasteiger partial charge in [-0.3, -0.25) is 4.90 Å². The second kappa shape index (κ2) is 4.67. The van der Waals surface area contributed by atoms with E-state index in [1.54, 1.807) is 7.11 Å². The first-order valence-electron chi connectivity index (χ1n) is 6.48. The monoisotopic (exact) mass is 232 g/mol. The minimum absolute atomic E-state index is 0.482. The fourth-order valence-corrected chi connectivity index (χ4v) is 2.60. The SMILES string of the molecule is COc1ccc([C@@H]2CN(C3CC3)CCN2)cc1. The van der Waals surface area contributed by atoms with Crippen LogP contribution in [0.15, 0.2) is 24.3 Å². The maximum atomic E-state index is 5.20. The molecule has 1 heterocycles. The Bertz CT molecular complexity index is 372. The Kier molecular flexibility index (Phi) is 3.04. The normalized spacial score (nSPS) is 25.8. The number of rotatable bonds is 3. The number of nitrogens with zero attached hydrogens (tertiary/aromatic N) is 1. The highest BCUT2D eigenvalue weighted by molar-refractivity contribution is 5.29. The third-order valence-corrected chi connectivity index (χ3v) is 3.79. The fourth-order valence-electron chi connectivity index (χ4n) is 2.60. The number of benzene rings is 1. The van der Waals surface area contributed by atoms with Crippen LogP contribution in [-0.2, 0) is 0 Å². The van der Waals surface area contributed by atoms with Crippen molar-refractivity contribution in [3.8, 4) is 5.75 Å². The van der Waals surface area contributed by atoms with E-state index < -0.39 is 0 Å². The predicted molar refractivity (Wildman–Crippen MR) is 68.3 cm³/mol. The molecule has 1 aliphatic heterocycles. The third-order valence-electron chi connectivity index (χ3n) is 3.79. The molecule has 2 aliphatic rings. The summed E-state index contributed by atoms with van der Waals surface area (Å²) < 4.78 is 5.20. The van der Waals surface area contributed by atoms with Crippen molar-refractivity contribution in [2.75, 3.05) is 26.7 Å². The molecule has 0 aromatic heterocycles. The molecule has 2 fully saturated rings. The van der Waals surface area contributed by atoms with Gasteiger partial charge in [-0.05, 0) is 30.5 Å². The molecule has 0 spiro atoms. The maximum Gasteiger partial charge on any atom is 0.118 e. The minimum atomic E-state index is 0.482. The molecule has 1 saturated heterocycles. The second-order valence-corrected chi connectivity index (χ2v) is 5.01. The zero-order chi connectivity index (χ0) is 11.7. The quantitative estimate of drug-likeness (QED) is 0.860. The number of methoxy groups -OCH3 is 1. The lowest BCUT2D eigenvalue weighted by Crippen LogP contribution is -2.46. The van der Waals surface area contributed by atoms with E-state index in [1.165, 1.54) is 24.9 Å². The summed E-state index contributed by atoms with van der Waals surface area (Å²) in [4.78, 5) is 2.63. The molecular weight excluding hydrogens is 212 g/mol. The van der Waals surface area contributed by atoms with Crippen molar-refractivity contribution in [2.45, 2.75) is 24.9 Å². The molecule has 3 nitrogen and oxygen atoms in total. The molecule has 17 heavy (non-hydrogen) atoms. The molecule has 0 bridgehead atoms. The van der Waals surface area contributed by atoms with Crippen LogP contribution in [0.3, 0.4) is 0 Å². The van der Waals surface area contributed by atoms with Crippen LogP contribution in [0.1, 0.15) is 24.4 Å². The Hall–Kier alpha value is -1.06. The van der Waals surface area contributed by atoms with Crippen LogP contribution >= 0.6 is 0 Å². The molecule has 1 saturated carbocycles. The van der Waals surface area contributed by atoms with E-state index in [1.807, 2.05) is 12.1 Å². The molecule has 92 valence electrons. The summed E-state index contributed by atoms with van der Waals surface area (Å²) in [6.45, 7) is 3.46. The van der Waals surface area contributed by atoms with E-state index in [4.69, 9.17) is 4.74 Å². The molecular formula is C14H20N2O. The zero-order valence-electron chi connectivity index (χ0n) is 10.4. The summed E-state index contributed by atoms with van der Waals surface area (Å²) in [6, 6.07) is 9.80. The van der Waals surface area contributed by atoms with Crippen molar-refractivity contribution in [3.05, 3.63) is 29.8 Å². The lowest BCUT2D eigenvalue weighted by molar-refractivity contribution is 0.192. The highest BCUT2D eigenvalue weighted by atomic mass is 16.5. The Balaban J connectivity index is 1.69. The van der Waals surface area contributed by atoms with Crippen molar-refractivity contribution in [2.24, 2.45) is 0 Å². The summed E-state index contributed by atoms with van der Waals surface area (Å²) in [5.41, 5.74) is 1.37. The van der Waals surface area contributed by atoms with Crippen LogP contribution in [-0.4, -0.2) is 37.7 Å². The number of ether oxygens (including phenoxy) is 1. The Labute approximate surface area is 103 Å². The van der Waals surface area contributed by atoms with Crippen molar-refractivity contribution >= 4 is 0 Å². The van der Waals surface area contributed by atoms with Gasteiger partial charge in [0.05, 0.1) is 7.11 Å². The lowest BCUT2D eigenvalue weighted by atomic mass is 10.0. The molecule has 1 atom stereocenters. The topological polar surface area (TPSA) is 24.5 Å². The van der Waals surface area contributed by atoms with E-state index in [2.05, 4.69) is 22.3 Å². The Morgan fingerprint density at radius 1 is 1.24 bits per heavy atom. The second-order valence-electron chi connectivity index (χ2n) is 5.01.